The Morgan fingerprint density at radius 2 is 2.00 bits per heavy atom. The second kappa shape index (κ2) is 5.49. The Morgan fingerprint density at radius 3 is 2.57 bits per heavy atom. The Hall–Kier alpha value is -0.700. The number of anilines is 1. The summed E-state index contributed by atoms with van der Waals surface area (Å²) in [5.74, 6) is -0.477. The van der Waals surface area contributed by atoms with E-state index in [1.807, 2.05) is 0 Å². The monoisotopic (exact) mass is 377 g/mol. The smallest absolute Gasteiger partial charge is 0.243 e. The van der Waals surface area contributed by atoms with Gasteiger partial charge in [0, 0.05) is 18.3 Å². The first kappa shape index (κ1) is 15.2. The van der Waals surface area contributed by atoms with Gasteiger partial charge in [-0.1, -0.05) is 0 Å². The molecule has 21 heavy (non-hydrogen) atoms. The molecule has 116 valence electrons. The minimum atomic E-state index is -3.92. The maximum atomic E-state index is 14.1. The summed E-state index contributed by atoms with van der Waals surface area (Å²) >= 11 is 2.99. The van der Waals surface area contributed by atoms with Crippen molar-refractivity contribution in [3.63, 3.8) is 0 Å². The molecule has 1 aromatic rings. The summed E-state index contributed by atoms with van der Waals surface area (Å²) in [6.45, 7) is 2.72. The summed E-state index contributed by atoms with van der Waals surface area (Å²) in [6, 6.07) is 2.35. The van der Waals surface area contributed by atoms with Crippen LogP contribution < -0.4 is 10.5 Å². The first-order chi connectivity index (χ1) is 9.87. The zero-order valence-electron chi connectivity index (χ0n) is 11.4. The molecule has 0 saturated carbocycles. The number of rotatable bonds is 3. The van der Waals surface area contributed by atoms with Crippen molar-refractivity contribution in [3.8, 4) is 0 Å². The highest BCUT2D eigenvalue weighted by Crippen LogP contribution is 2.30. The zero-order chi connectivity index (χ0) is 15.2. The van der Waals surface area contributed by atoms with Gasteiger partial charge in [-0.25, -0.2) is 17.5 Å². The van der Waals surface area contributed by atoms with Gasteiger partial charge in [0.15, 0.2) is 5.82 Å². The van der Waals surface area contributed by atoms with Crippen LogP contribution in [0.25, 0.3) is 0 Å². The van der Waals surface area contributed by atoms with Gasteiger partial charge in [-0.05, 0) is 59.9 Å². The Morgan fingerprint density at radius 1 is 1.33 bits per heavy atom. The predicted molar refractivity (Wildman–Crippen MR) is 81.8 cm³/mol. The van der Waals surface area contributed by atoms with E-state index in [4.69, 9.17) is 5.73 Å². The quantitative estimate of drug-likeness (QED) is 0.783. The first-order valence-electron chi connectivity index (χ1n) is 6.86. The van der Waals surface area contributed by atoms with E-state index in [-0.39, 0.29) is 16.2 Å². The molecule has 0 aliphatic carbocycles. The van der Waals surface area contributed by atoms with E-state index in [9.17, 15) is 12.8 Å². The second-order valence-corrected chi connectivity index (χ2v) is 8.22. The van der Waals surface area contributed by atoms with Gasteiger partial charge in [0.05, 0.1) is 4.47 Å². The molecule has 0 radical (unpaired) electrons. The van der Waals surface area contributed by atoms with Gasteiger partial charge in [-0.2, -0.15) is 0 Å². The van der Waals surface area contributed by atoms with Crippen LogP contribution in [0.1, 0.15) is 12.8 Å². The number of benzene rings is 1. The van der Waals surface area contributed by atoms with Gasteiger partial charge in [-0.15, -0.1) is 0 Å². The van der Waals surface area contributed by atoms with Crippen LogP contribution in [0.5, 0.6) is 0 Å². The van der Waals surface area contributed by atoms with Crippen LogP contribution in [-0.2, 0) is 10.0 Å². The van der Waals surface area contributed by atoms with Gasteiger partial charge in [0.1, 0.15) is 4.90 Å². The summed E-state index contributed by atoms with van der Waals surface area (Å²) < 4.78 is 41.7. The van der Waals surface area contributed by atoms with Gasteiger partial charge >= 0.3 is 0 Å². The van der Waals surface area contributed by atoms with Crippen molar-refractivity contribution < 1.29 is 12.8 Å². The molecule has 1 unspecified atom stereocenters. The Kier molecular flexibility index (Phi) is 3.98. The van der Waals surface area contributed by atoms with E-state index in [1.165, 1.54) is 6.07 Å². The van der Waals surface area contributed by atoms with Crippen molar-refractivity contribution in [2.24, 2.45) is 5.92 Å². The molecule has 0 spiro atoms. The van der Waals surface area contributed by atoms with Crippen LogP contribution in [-0.4, -0.2) is 39.0 Å². The van der Waals surface area contributed by atoms with E-state index in [0.717, 1.165) is 32.0 Å². The zero-order valence-corrected chi connectivity index (χ0v) is 13.8. The van der Waals surface area contributed by atoms with E-state index in [1.54, 1.807) is 0 Å². The van der Waals surface area contributed by atoms with Crippen LogP contribution in [0.4, 0.5) is 10.1 Å². The summed E-state index contributed by atoms with van der Waals surface area (Å²) in [6.07, 6.45) is 1.96. The molecule has 2 bridgehead atoms. The van der Waals surface area contributed by atoms with E-state index in [2.05, 4.69) is 25.6 Å². The highest BCUT2D eigenvalue weighted by molar-refractivity contribution is 9.10. The van der Waals surface area contributed by atoms with Gasteiger partial charge in [-0.3, -0.25) is 0 Å². The van der Waals surface area contributed by atoms with Crippen LogP contribution >= 0.6 is 15.9 Å². The largest absolute Gasteiger partial charge is 0.399 e. The minimum Gasteiger partial charge on any atom is -0.399 e. The van der Waals surface area contributed by atoms with Crippen molar-refractivity contribution >= 4 is 31.6 Å². The minimum absolute atomic E-state index is 0.0526. The van der Waals surface area contributed by atoms with Crippen LogP contribution in [0.15, 0.2) is 21.5 Å². The molecule has 0 amide bonds. The van der Waals surface area contributed by atoms with Crippen molar-refractivity contribution in [1.29, 1.82) is 0 Å². The third-order valence-corrected chi connectivity index (χ3v) is 6.34. The molecule has 5 nitrogen and oxygen atoms in total. The Bertz CT molecular complexity index is 660. The molecule has 3 aliphatic rings. The third kappa shape index (κ3) is 2.94. The fourth-order valence-corrected chi connectivity index (χ4v) is 5.18. The average molecular weight is 378 g/mol. The molecule has 3 saturated heterocycles. The number of halogens is 2. The summed E-state index contributed by atoms with van der Waals surface area (Å²) in [5.41, 5.74) is 5.83. The molecule has 3 heterocycles. The van der Waals surface area contributed by atoms with E-state index >= 15 is 0 Å². The highest BCUT2D eigenvalue weighted by Gasteiger charge is 2.37. The standard InChI is InChI=1S/C13H17BrFN3O2S/c14-10-5-9(16)6-12(13(10)15)21(19,20)17-11-7-18-3-1-8(11)2-4-18/h5-6,8,11,17H,1-4,7,16H2. The van der Waals surface area contributed by atoms with Crippen LogP contribution in [0.3, 0.4) is 0 Å². The van der Waals surface area contributed by atoms with Crippen molar-refractivity contribution in [1.82, 2.24) is 9.62 Å². The molecule has 3 aliphatic heterocycles. The normalized spacial score (nSPS) is 28.8. The van der Waals surface area contributed by atoms with Crippen molar-refractivity contribution in [2.75, 3.05) is 25.4 Å². The lowest BCUT2D eigenvalue weighted by atomic mass is 9.85. The second-order valence-electron chi connectivity index (χ2n) is 5.68. The lowest BCUT2D eigenvalue weighted by Crippen LogP contribution is -2.57. The number of sulfonamides is 1. The lowest BCUT2D eigenvalue weighted by molar-refractivity contribution is 0.0827. The molecule has 1 aromatic carbocycles. The number of nitrogen functional groups attached to an aromatic ring is 1. The number of piperidine rings is 3. The predicted octanol–water partition coefficient (Wildman–Crippen LogP) is 1.54. The number of nitrogens with two attached hydrogens (primary N) is 1. The fourth-order valence-electron chi connectivity index (χ4n) is 3.14. The number of nitrogens with zero attached hydrogens (tertiary/aromatic N) is 1. The highest BCUT2D eigenvalue weighted by atomic mass is 79.9. The molecular formula is C13H17BrFN3O2S. The molecular weight excluding hydrogens is 361 g/mol. The molecule has 4 rings (SSSR count). The average Bonchev–Trinajstić information content (AvgIpc) is 2.43. The Labute approximate surface area is 131 Å². The van der Waals surface area contributed by atoms with E-state index < -0.39 is 20.7 Å². The van der Waals surface area contributed by atoms with Gasteiger partial charge in [0.2, 0.25) is 10.0 Å². The van der Waals surface area contributed by atoms with Crippen molar-refractivity contribution in [3.05, 3.63) is 22.4 Å². The van der Waals surface area contributed by atoms with Gasteiger partial charge < -0.3 is 10.6 Å². The number of hydrogen-bond acceptors (Lipinski definition) is 4. The summed E-state index contributed by atoms with van der Waals surface area (Å²) in [5, 5.41) is 0. The number of hydrogen-bond donors (Lipinski definition) is 2. The topological polar surface area (TPSA) is 75.4 Å². The maximum absolute atomic E-state index is 14.1. The number of nitrogens with one attached hydrogen (secondary N) is 1. The van der Waals surface area contributed by atoms with Crippen molar-refractivity contribution in [2.45, 2.75) is 23.8 Å². The molecule has 3 fully saturated rings. The SMILES string of the molecule is Nc1cc(Br)c(F)c(S(=O)(=O)NC2CN3CCC2CC3)c1. The molecule has 8 heteroatoms. The third-order valence-electron chi connectivity index (χ3n) is 4.27. The first-order valence-corrected chi connectivity index (χ1v) is 9.13. The maximum Gasteiger partial charge on any atom is 0.243 e. The lowest BCUT2D eigenvalue weighted by Gasteiger charge is -2.44. The molecule has 1 atom stereocenters. The fraction of sp³-hybridized carbons (Fsp3) is 0.538. The number of fused-ring (bicyclic) bond motifs is 3. The molecule has 0 aromatic heterocycles. The summed E-state index contributed by atoms with van der Waals surface area (Å²) in [4.78, 5) is 1.84. The Balaban J connectivity index is 1.88. The summed E-state index contributed by atoms with van der Waals surface area (Å²) in [7, 11) is -3.92. The van der Waals surface area contributed by atoms with E-state index in [0.29, 0.717) is 12.5 Å². The van der Waals surface area contributed by atoms with Crippen LogP contribution in [0.2, 0.25) is 0 Å². The van der Waals surface area contributed by atoms with Crippen LogP contribution in [0, 0.1) is 11.7 Å². The molecule has 3 N–H and O–H groups in total. The van der Waals surface area contributed by atoms with Gasteiger partial charge in [0.25, 0.3) is 0 Å².